The van der Waals surface area contributed by atoms with Crippen LogP contribution in [0.1, 0.15) is 11.3 Å². The first-order valence-electron chi connectivity index (χ1n) is 6.43. The molecule has 0 saturated carbocycles. The molecule has 3 rings (SSSR count). The lowest BCUT2D eigenvalue weighted by molar-refractivity contribution is -0.111. The summed E-state index contributed by atoms with van der Waals surface area (Å²) in [5.41, 5.74) is 2.77. The van der Waals surface area contributed by atoms with Gasteiger partial charge >= 0.3 is 0 Å². The van der Waals surface area contributed by atoms with Gasteiger partial charge in [-0.2, -0.15) is 10.1 Å². The van der Waals surface area contributed by atoms with Crippen LogP contribution in [-0.4, -0.2) is 26.1 Å². The van der Waals surface area contributed by atoms with Crippen LogP contribution in [0.5, 0.6) is 0 Å². The molecule has 2 N–H and O–H groups in total. The number of aromatic amines is 1. The molecule has 0 aliphatic carbocycles. The van der Waals surface area contributed by atoms with Crippen LogP contribution in [-0.2, 0) is 4.79 Å². The van der Waals surface area contributed by atoms with Gasteiger partial charge in [-0.05, 0) is 24.6 Å². The summed E-state index contributed by atoms with van der Waals surface area (Å²) < 4.78 is 0. The molecule has 0 radical (unpaired) electrons. The van der Waals surface area contributed by atoms with E-state index in [2.05, 4.69) is 25.5 Å². The molecule has 0 aliphatic heterocycles. The Balaban J connectivity index is 1.79. The van der Waals surface area contributed by atoms with Gasteiger partial charge in [0, 0.05) is 11.5 Å². The topological polar surface area (TPSA) is 83.6 Å². The highest BCUT2D eigenvalue weighted by molar-refractivity contribution is 6.00. The second kappa shape index (κ2) is 5.54. The quantitative estimate of drug-likeness (QED) is 0.721. The highest BCUT2D eigenvalue weighted by Gasteiger charge is 2.01. The van der Waals surface area contributed by atoms with Crippen LogP contribution in [0.15, 0.2) is 42.7 Å². The van der Waals surface area contributed by atoms with Gasteiger partial charge in [0.2, 0.25) is 5.95 Å². The molecule has 0 atom stereocenters. The van der Waals surface area contributed by atoms with E-state index in [9.17, 15) is 4.79 Å². The fourth-order valence-electron chi connectivity index (χ4n) is 1.99. The van der Waals surface area contributed by atoms with E-state index >= 15 is 0 Å². The van der Waals surface area contributed by atoms with E-state index in [4.69, 9.17) is 0 Å². The van der Waals surface area contributed by atoms with Crippen LogP contribution in [0.3, 0.4) is 0 Å². The summed E-state index contributed by atoms with van der Waals surface area (Å²) in [5, 5.41) is 9.85. The number of nitrogens with zero attached hydrogens (tertiary/aromatic N) is 3. The van der Waals surface area contributed by atoms with Crippen LogP contribution in [0.2, 0.25) is 0 Å². The minimum Gasteiger partial charge on any atom is -0.291 e. The van der Waals surface area contributed by atoms with E-state index in [0.717, 1.165) is 22.2 Å². The van der Waals surface area contributed by atoms with Gasteiger partial charge in [-0.3, -0.25) is 10.1 Å². The number of aryl methyl sites for hydroxylation is 1. The van der Waals surface area contributed by atoms with Gasteiger partial charge in [0.1, 0.15) is 6.33 Å². The standard InChI is InChI=1S/C15H13N5O/c1-10-3-2-4-11-5-6-12(18-14(10)11)7-8-13(21)19-15-16-9-17-20-15/h2-9H,1H3,(H2,16,17,19,20,21)/b8-7+. The number of amides is 1. The van der Waals surface area contributed by atoms with E-state index < -0.39 is 0 Å². The summed E-state index contributed by atoms with van der Waals surface area (Å²) in [7, 11) is 0. The van der Waals surface area contributed by atoms with E-state index in [1.165, 1.54) is 12.4 Å². The van der Waals surface area contributed by atoms with E-state index in [-0.39, 0.29) is 5.91 Å². The SMILES string of the molecule is Cc1cccc2ccc(/C=C/C(=O)Nc3ncn[nH]3)nc12. The van der Waals surface area contributed by atoms with Crippen molar-refractivity contribution < 1.29 is 4.79 Å². The molecule has 2 aromatic heterocycles. The number of anilines is 1. The zero-order valence-corrected chi connectivity index (χ0v) is 11.4. The Labute approximate surface area is 120 Å². The summed E-state index contributed by atoms with van der Waals surface area (Å²) in [5.74, 6) is 0.0189. The predicted molar refractivity (Wildman–Crippen MR) is 80.5 cm³/mol. The van der Waals surface area contributed by atoms with Crippen LogP contribution in [0, 0.1) is 6.92 Å². The normalized spacial score (nSPS) is 11.1. The third kappa shape index (κ3) is 2.94. The third-order valence-corrected chi connectivity index (χ3v) is 3.01. The number of para-hydroxylation sites is 1. The average Bonchev–Trinajstić information content (AvgIpc) is 2.98. The second-order valence-corrected chi connectivity index (χ2v) is 4.54. The lowest BCUT2D eigenvalue weighted by Gasteiger charge is -2.02. The molecule has 3 aromatic rings. The Kier molecular flexibility index (Phi) is 3.42. The molecule has 6 heteroatoms. The summed E-state index contributed by atoms with van der Waals surface area (Å²) >= 11 is 0. The van der Waals surface area contributed by atoms with Crippen molar-refractivity contribution in [3.05, 3.63) is 54.0 Å². The number of rotatable bonds is 3. The van der Waals surface area contributed by atoms with Crippen molar-refractivity contribution in [2.45, 2.75) is 6.92 Å². The smallest absolute Gasteiger partial charge is 0.250 e. The number of nitrogens with one attached hydrogen (secondary N) is 2. The zero-order chi connectivity index (χ0) is 14.7. The fraction of sp³-hybridized carbons (Fsp3) is 0.0667. The first-order chi connectivity index (χ1) is 10.2. The van der Waals surface area contributed by atoms with Gasteiger partial charge in [0.15, 0.2) is 0 Å². The van der Waals surface area contributed by atoms with Gasteiger partial charge < -0.3 is 0 Å². The molecule has 1 amide bonds. The van der Waals surface area contributed by atoms with Crippen molar-refractivity contribution in [1.82, 2.24) is 20.2 Å². The summed E-state index contributed by atoms with van der Waals surface area (Å²) in [6.45, 7) is 2.01. The number of aromatic nitrogens is 4. The van der Waals surface area contributed by atoms with Crippen LogP contribution < -0.4 is 5.32 Å². The van der Waals surface area contributed by atoms with Crippen molar-refractivity contribution in [2.24, 2.45) is 0 Å². The number of hydrogen-bond donors (Lipinski definition) is 2. The Morgan fingerprint density at radius 3 is 3.00 bits per heavy atom. The van der Waals surface area contributed by atoms with Crippen molar-refractivity contribution in [2.75, 3.05) is 5.32 Å². The molecular formula is C15H13N5O. The molecule has 21 heavy (non-hydrogen) atoms. The summed E-state index contributed by atoms with van der Waals surface area (Å²) in [6.07, 6.45) is 4.40. The molecule has 2 heterocycles. The minimum absolute atomic E-state index is 0.293. The number of hydrogen-bond acceptors (Lipinski definition) is 4. The second-order valence-electron chi connectivity index (χ2n) is 4.54. The van der Waals surface area contributed by atoms with Gasteiger partial charge in [-0.1, -0.05) is 24.3 Å². The van der Waals surface area contributed by atoms with Gasteiger partial charge in [-0.25, -0.2) is 10.1 Å². The Bertz CT molecular complexity index is 808. The lowest BCUT2D eigenvalue weighted by atomic mass is 10.1. The highest BCUT2D eigenvalue weighted by atomic mass is 16.1. The van der Waals surface area contributed by atoms with Crippen molar-refractivity contribution in [1.29, 1.82) is 0 Å². The van der Waals surface area contributed by atoms with Crippen molar-refractivity contribution in [3.63, 3.8) is 0 Å². The number of H-pyrrole nitrogens is 1. The predicted octanol–water partition coefficient (Wildman–Crippen LogP) is 2.31. The fourth-order valence-corrected chi connectivity index (χ4v) is 1.99. The third-order valence-electron chi connectivity index (χ3n) is 3.01. The number of carbonyl (C=O) groups excluding carboxylic acids is 1. The highest BCUT2D eigenvalue weighted by Crippen LogP contribution is 2.16. The summed E-state index contributed by atoms with van der Waals surface area (Å²) in [6, 6.07) is 9.89. The number of fused-ring (bicyclic) bond motifs is 1. The van der Waals surface area contributed by atoms with Crippen LogP contribution in [0.25, 0.3) is 17.0 Å². The van der Waals surface area contributed by atoms with Crippen LogP contribution in [0.4, 0.5) is 5.95 Å². The molecule has 0 fully saturated rings. The maximum Gasteiger partial charge on any atom is 0.250 e. The molecule has 6 nitrogen and oxygen atoms in total. The molecule has 0 unspecified atom stereocenters. The van der Waals surface area contributed by atoms with E-state index in [0.29, 0.717) is 5.95 Å². The molecule has 104 valence electrons. The molecule has 0 bridgehead atoms. The molecular weight excluding hydrogens is 266 g/mol. The first kappa shape index (κ1) is 13.0. The van der Waals surface area contributed by atoms with E-state index in [1.807, 2.05) is 37.3 Å². The number of carbonyl (C=O) groups is 1. The number of pyridine rings is 1. The summed E-state index contributed by atoms with van der Waals surface area (Å²) in [4.78, 5) is 20.1. The minimum atomic E-state index is -0.293. The van der Waals surface area contributed by atoms with Crippen molar-refractivity contribution >= 4 is 28.8 Å². The van der Waals surface area contributed by atoms with Gasteiger partial charge in [0.05, 0.1) is 11.2 Å². The molecule has 0 spiro atoms. The first-order valence-corrected chi connectivity index (χ1v) is 6.43. The van der Waals surface area contributed by atoms with Gasteiger partial charge in [-0.15, -0.1) is 0 Å². The number of benzene rings is 1. The Morgan fingerprint density at radius 1 is 1.29 bits per heavy atom. The van der Waals surface area contributed by atoms with Crippen molar-refractivity contribution in [3.8, 4) is 0 Å². The van der Waals surface area contributed by atoms with E-state index in [1.54, 1.807) is 6.08 Å². The molecule has 0 aliphatic rings. The molecule has 0 saturated heterocycles. The largest absolute Gasteiger partial charge is 0.291 e. The maximum absolute atomic E-state index is 11.7. The Morgan fingerprint density at radius 2 is 2.19 bits per heavy atom. The Hall–Kier alpha value is -3.02. The monoisotopic (exact) mass is 279 g/mol. The average molecular weight is 279 g/mol. The maximum atomic E-state index is 11.7. The zero-order valence-electron chi connectivity index (χ0n) is 11.4. The van der Waals surface area contributed by atoms with Gasteiger partial charge in [0.25, 0.3) is 5.91 Å². The van der Waals surface area contributed by atoms with Crippen LogP contribution >= 0.6 is 0 Å². The molecule has 1 aromatic carbocycles. The lowest BCUT2D eigenvalue weighted by Crippen LogP contribution is -2.09.